The molecule has 5 heteroatoms. The molecule has 1 rings (SSSR count). The Morgan fingerprint density at radius 3 is 2.50 bits per heavy atom. The first kappa shape index (κ1) is 16.1. The zero-order valence-corrected chi connectivity index (χ0v) is 12.4. The summed E-state index contributed by atoms with van der Waals surface area (Å²) in [5, 5.41) is 0. The van der Waals surface area contributed by atoms with Crippen LogP contribution in [-0.2, 0) is 4.74 Å². The summed E-state index contributed by atoms with van der Waals surface area (Å²) in [6.45, 7) is 2.53. The predicted octanol–water partition coefficient (Wildman–Crippen LogP) is 3.02. The molecule has 0 atom stereocenters. The lowest BCUT2D eigenvalue weighted by Gasteiger charge is -2.12. The van der Waals surface area contributed by atoms with E-state index >= 15 is 0 Å². The van der Waals surface area contributed by atoms with E-state index in [1.807, 2.05) is 0 Å². The van der Waals surface area contributed by atoms with Crippen LogP contribution in [0.1, 0.15) is 43.0 Å². The molecule has 20 heavy (non-hydrogen) atoms. The number of carbonyl (C=O) groups excluding carboxylic acids is 1. The Bertz CT molecular complexity index is 446. The van der Waals surface area contributed by atoms with Gasteiger partial charge in [0.1, 0.15) is 11.5 Å². The summed E-state index contributed by atoms with van der Waals surface area (Å²) in [6, 6.07) is 3.19. The van der Waals surface area contributed by atoms with Gasteiger partial charge in [-0.2, -0.15) is 0 Å². The van der Waals surface area contributed by atoms with Gasteiger partial charge in [0.25, 0.3) is 0 Å². The van der Waals surface area contributed by atoms with Crippen LogP contribution in [0.4, 0.5) is 5.69 Å². The molecule has 0 aliphatic rings. The number of esters is 1. The zero-order chi connectivity index (χ0) is 15.0. The van der Waals surface area contributed by atoms with Crippen LogP contribution in [0.5, 0.6) is 11.5 Å². The second-order valence-electron chi connectivity index (χ2n) is 4.49. The van der Waals surface area contributed by atoms with E-state index in [2.05, 4.69) is 6.92 Å². The maximum absolute atomic E-state index is 12.0. The Morgan fingerprint density at radius 2 is 1.90 bits per heavy atom. The standard InChI is InChI=1S/C15H23NO4/c1-4-5-6-7-8-20-15(17)12-9-11(18-2)10-13(19-3)14(12)16/h9-10H,4-8,16H2,1-3H3. The van der Waals surface area contributed by atoms with Gasteiger partial charge in [0.2, 0.25) is 0 Å². The van der Waals surface area contributed by atoms with Crippen molar-refractivity contribution in [3.8, 4) is 11.5 Å². The molecule has 0 saturated heterocycles. The van der Waals surface area contributed by atoms with Gasteiger partial charge in [-0.1, -0.05) is 26.2 Å². The third kappa shape index (κ3) is 4.33. The van der Waals surface area contributed by atoms with Crippen LogP contribution >= 0.6 is 0 Å². The Hall–Kier alpha value is -1.91. The smallest absolute Gasteiger partial charge is 0.340 e. The van der Waals surface area contributed by atoms with Crippen LogP contribution in [0.3, 0.4) is 0 Å². The van der Waals surface area contributed by atoms with Crippen molar-refractivity contribution in [3.05, 3.63) is 17.7 Å². The summed E-state index contributed by atoms with van der Waals surface area (Å²) in [6.07, 6.45) is 4.21. The molecule has 1 aromatic carbocycles. The molecule has 0 bridgehead atoms. The number of hydrogen-bond donors (Lipinski definition) is 1. The predicted molar refractivity (Wildman–Crippen MR) is 78.4 cm³/mol. The molecule has 0 amide bonds. The van der Waals surface area contributed by atoms with Gasteiger partial charge < -0.3 is 19.9 Å². The van der Waals surface area contributed by atoms with Crippen LogP contribution in [0, 0.1) is 0 Å². The first-order valence-corrected chi connectivity index (χ1v) is 6.82. The molecular weight excluding hydrogens is 258 g/mol. The molecule has 1 aromatic rings. The van der Waals surface area contributed by atoms with Gasteiger partial charge in [-0.3, -0.25) is 0 Å². The lowest BCUT2D eigenvalue weighted by atomic mass is 10.1. The summed E-state index contributed by atoms with van der Waals surface area (Å²) in [4.78, 5) is 12.0. The van der Waals surface area contributed by atoms with Crippen LogP contribution in [0.15, 0.2) is 12.1 Å². The van der Waals surface area contributed by atoms with Crippen molar-refractivity contribution in [2.75, 3.05) is 26.6 Å². The van der Waals surface area contributed by atoms with E-state index < -0.39 is 5.97 Å². The molecule has 0 heterocycles. The summed E-state index contributed by atoms with van der Waals surface area (Å²) < 4.78 is 15.5. The highest BCUT2D eigenvalue weighted by Crippen LogP contribution is 2.31. The summed E-state index contributed by atoms with van der Waals surface area (Å²) in [7, 11) is 3.01. The molecular formula is C15H23NO4. The molecule has 0 aliphatic heterocycles. The van der Waals surface area contributed by atoms with Crippen LogP contribution in [0.25, 0.3) is 0 Å². The van der Waals surface area contributed by atoms with Crippen molar-refractivity contribution in [2.45, 2.75) is 32.6 Å². The summed E-state index contributed by atoms with van der Waals surface area (Å²) in [5.41, 5.74) is 6.43. The van der Waals surface area contributed by atoms with Crippen molar-refractivity contribution < 1.29 is 19.0 Å². The lowest BCUT2D eigenvalue weighted by Crippen LogP contribution is -2.10. The summed E-state index contributed by atoms with van der Waals surface area (Å²) in [5.74, 6) is 0.465. The van der Waals surface area contributed by atoms with Crippen LogP contribution in [-0.4, -0.2) is 26.8 Å². The van der Waals surface area contributed by atoms with Gasteiger partial charge in [-0.05, 0) is 12.5 Å². The largest absolute Gasteiger partial charge is 0.497 e. The minimum Gasteiger partial charge on any atom is -0.497 e. The highest BCUT2D eigenvalue weighted by atomic mass is 16.5. The van der Waals surface area contributed by atoms with Gasteiger partial charge in [-0.15, -0.1) is 0 Å². The van der Waals surface area contributed by atoms with E-state index in [1.165, 1.54) is 14.2 Å². The van der Waals surface area contributed by atoms with Crippen LogP contribution in [0.2, 0.25) is 0 Å². The molecule has 112 valence electrons. The maximum Gasteiger partial charge on any atom is 0.340 e. The molecule has 5 nitrogen and oxygen atoms in total. The fourth-order valence-electron chi connectivity index (χ4n) is 1.83. The number of methoxy groups -OCH3 is 2. The van der Waals surface area contributed by atoms with Gasteiger partial charge >= 0.3 is 5.97 Å². The lowest BCUT2D eigenvalue weighted by molar-refractivity contribution is 0.0498. The minimum atomic E-state index is -0.448. The average Bonchev–Trinajstić information content (AvgIpc) is 2.47. The number of rotatable bonds is 8. The molecule has 0 spiro atoms. The first-order chi connectivity index (χ1) is 9.63. The summed E-state index contributed by atoms with van der Waals surface area (Å²) >= 11 is 0. The minimum absolute atomic E-state index is 0.270. The number of carbonyl (C=O) groups is 1. The van der Waals surface area contributed by atoms with Gasteiger partial charge in [-0.25, -0.2) is 4.79 Å². The van der Waals surface area contributed by atoms with Crippen molar-refractivity contribution in [1.82, 2.24) is 0 Å². The molecule has 0 aromatic heterocycles. The second-order valence-corrected chi connectivity index (χ2v) is 4.49. The van der Waals surface area contributed by atoms with E-state index in [9.17, 15) is 4.79 Å². The van der Waals surface area contributed by atoms with E-state index in [0.717, 1.165) is 25.7 Å². The van der Waals surface area contributed by atoms with Crippen molar-refractivity contribution in [3.63, 3.8) is 0 Å². The third-order valence-electron chi connectivity index (χ3n) is 3.02. The molecule has 0 aliphatic carbocycles. The maximum atomic E-state index is 12.0. The third-order valence-corrected chi connectivity index (χ3v) is 3.02. The Kier molecular flexibility index (Phi) is 6.70. The highest BCUT2D eigenvalue weighted by molar-refractivity contribution is 5.97. The fourth-order valence-corrected chi connectivity index (χ4v) is 1.83. The quantitative estimate of drug-likeness (QED) is 0.450. The van der Waals surface area contributed by atoms with Crippen molar-refractivity contribution in [1.29, 1.82) is 0 Å². The number of nitrogen functional groups attached to an aromatic ring is 1. The van der Waals surface area contributed by atoms with Crippen molar-refractivity contribution in [2.24, 2.45) is 0 Å². The van der Waals surface area contributed by atoms with Gasteiger partial charge in [0.05, 0.1) is 32.1 Å². The Labute approximate surface area is 120 Å². The zero-order valence-electron chi connectivity index (χ0n) is 12.4. The van der Waals surface area contributed by atoms with E-state index in [1.54, 1.807) is 12.1 Å². The Balaban J connectivity index is 2.71. The second kappa shape index (κ2) is 8.30. The monoisotopic (exact) mass is 281 g/mol. The van der Waals surface area contributed by atoms with Gasteiger partial charge in [0, 0.05) is 6.07 Å². The number of anilines is 1. The molecule has 0 unspecified atom stereocenters. The van der Waals surface area contributed by atoms with E-state index in [0.29, 0.717) is 18.1 Å². The number of benzene rings is 1. The molecule has 0 saturated carbocycles. The molecule has 0 radical (unpaired) electrons. The van der Waals surface area contributed by atoms with Gasteiger partial charge in [0.15, 0.2) is 0 Å². The first-order valence-electron chi connectivity index (χ1n) is 6.82. The normalized spacial score (nSPS) is 10.2. The SMILES string of the molecule is CCCCCCOC(=O)c1cc(OC)cc(OC)c1N. The topological polar surface area (TPSA) is 70.8 Å². The Morgan fingerprint density at radius 1 is 1.15 bits per heavy atom. The number of ether oxygens (including phenoxy) is 3. The number of unbranched alkanes of at least 4 members (excludes halogenated alkanes) is 3. The van der Waals surface area contributed by atoms with E-state index in [4.69, 9.17) is 19.9 Å². The average molecular weight is 281 g/mol. The number of nitrogens with two attached hydrogens (primary N) is 1. The molecule has 2 N–H and O–H groups in total. The van der Waals surface area contributed by atoms with E-state index in [-0.39, 0.29) is 11.3 Å². The van der Waals surface area contributed by atoms with Crippen LogP contribution < -0.4 is 15.2 Å². The number of hydrogen-bond acceptors (Lipinski definition) is 5. The fraction of sp³-hybridized carbons (Fsp3) is 0.533. The highest BCUT2D eigenvalue weighted by Gasteiger charge is 2.17. The van der Waals surface area contributed by atoms with Crippen molar-refractivity contribution >= 4 is 11.7 Å². The molecule has 0 fully saturated rings.